The molecule has 0 aliphatic rings. The lowest BCUT2D eigenvalue weighted by molar-refractivity contribution is 1.12. The third kappa shape index (κ3) is 7.84. The van der Waals surface area contributed by atoms with Crippen LogP contribution >= 0.6 is 15.9 Å². The van der Waals surface area contributed by atoms with Gasteiger partial charge < -0.3 is 18.7 Å². The number of hydrogen-bond donors (Lipinski definition) is 1. The lowest BCUT2D eigenvalue weighted by Gasteiger charge is -2.12. The number of aromatic nitrogens is 6. The van der Waals surface area contributed by atoms with Gasteiger partial charge in [-0.1, -0.05) is 149 Å². The van der Waals surface area contributed by atoms with Crippen LogP contribution in [0.5, 0.6) is 0 Å². The Morgan fingerprint density at radius 1 is 0.362 bits per heavy atom. The molecule has 69 heavy (non-hydrogen) atoms. The molecule has 0 aliphatic carbocycles. The molecular weight excluding hydrogens is 909 g/mol. The minimum absolute atomic E-state index is 1.10. The van der Waals surface area contributed by atoms with Crippen LogP contribution in [-0.2, 0) is 0 Å². The van der Waals surface area contributed by atoms with E-state index in [1.165, 1.54) is 76.7 Å². The van der Waals surface area contributed by atoms with Gasteiger partial charge in [0.1, 0.15) is 0 Å². The molecule has 6 heterocycles. The Balaban J connectivity index is 0.000000120. The summed E-state index contributed by atoms with van der Waals surface area (Å²) in [5, 5.41) is 7.56. The van der Waals surface area contributed by atoms with E-state index in [9.17, 15) is 0 Å². The zero-order valence-electron chi connectivity index (χ0n) is 37.4. The van der Waals surface area contributed by atoms with Crippen molar-refractivity contribution in [3.8, 4) is 39.3 Å². The van der Waals surface area contributed by atoms with Gasteiger partial charge in [0.25, 0.3) is 0 Å². The summed E-state index contributed by atoms with van der Waals surface area (Å²) in [7, 11) is 0. The fourth-order valence-electron chi connectivity index (χ4n) is 9.60. The van der Waals surface area contributed by atoms with Gasteiger partial charge in [0, 0.05) is 96.5 Å². The lowest BCUT2D eigenvalue weighted by atomic mass is 10.1. The van der Waals surface area contributed by atoms with E-state index in [-0.39, 0.29) is 0 Å². The number of rotatable bonds is 5. The van der Waals surface area contributed by atoms with Crippen LogP contribution in [0, 0.1) is 0 Å². The Labute approximate surface area is 407 Å². The van der Waals surface area contributed by atoms with Gasteiger partial charge in [-0.05, 0) is 107 Å². The predicted octanol–water partition coefficient (Wildman–Crippen LogP) is 16.6. The van der Waals surface area contributed by atoms with Gasteiger partial charge in [0.15, 0.2) is 0 Å². The average molecular weight is 952 g/mol. The second-order valence-corrected chi connectivity index (χ2v) is 17.8. The molecule has 0 spiro atoms. The second-order valence-electron chi connectivity index (χ2n) is 16.9. The van der Waals surface area contributed by atoms with Gasteiger partial charge in [-0.3, -0.25) is 9.97 Å². The lowest BCUT2D eigenvalue weighted by Crippen LogP contribution is -1.98. The molecule has 0 atom stereocenters. The maximum Gasteiger partial charge on any atom is 0.0788 e. The van der Waals surface area contributed by atoms with E-state index in [1.807, 2.05) is 48.9 Å². The molecule has 0 bridgehead atoms. The number of fused-ring (bicyclic) bond motifs is 10. The van der Waals surface area contributed by atoms with Crippen molar-refractivity contribution in [2.75, 3.05) is 0 Å². The van der Waals surface area contributed by atoms with Crippen molar-refractivity contribution in [2.24, 2.45) is 0 Å². The van der Waals surface area contributed by atoms with Gasteiger partial charge >= 0.3 is 0 Å². The average Bonchev–Trinajstić information content (AvgIpc) is 4.22. The van der Waals surface area contributed by atoms with Crippen LogP contribution in [0.1, 0.15) is 0 Å². The molecular formula is C62H43BrN6. The molecule has 6 nitrogen and oxygen atoms in total. The Morgan fingerprint density at radius 3 is 1.52 bits per heavy atom. The molecule has 14 aromatic rings. The van der Waals surface area contributed by atoms with Crippen molar-refractivity contribution in [3.63, 3.8) is 0 Å². The minimum Gasteiger partial charge on any atom is -0.353 e. The zero-order chi connectivity index (χ0) is 46.1. The summed E-state index contributed by atoms with van der Waals surface area (Å²) < 4.78 is 8.06. The molecule has 0 amide bonds. The molecule has 328 valence electrons. The molecule has 0 aliphatic heterocycles. The smallest absolute Gasteiger partial charge is 0.0788 e. The van der Waals surface area contributed by atoms with E-state index in [1.54, 1.807) is 6.20 Å². The fourth-order valence-corrected chi connectivity index (χ4v) is 9.87. The second kappa shape index (κ2) is 18.1. The molecule has 0 unspecified atom stereocenters. The molecule has 6 aromatic heterocycles. The monoisotopic (exact) mass is 950 g/mol. The van der Waals surface area contributed by atoms with E-state index < -0.39 is 0 Å². The van der Waals surface area contributed by atoms with Gasteiger partial charge in [-0.2, -0.15) is 0 Å². The highest BCUT2D eigenvalue weighted by atomic mass is 79.9. The topological polar surface area (TPSA) is 56.4 Å². The number of H-pyrrole nitrogens is 1. The number of benzene rings is 8. The minimum atomic E-state index is 1.10. The Bertz CT molecular complexity index is 4040. The quantitative estimate of drug-likeness (QED) is 0.187. The number of nitrogens with zero attached hydrogens (tertiary/aromatic N) is 5. The van der Waals surface area contributed by atoms with Crippen molar-refractivity contribution < 1.29 is 0 Å². The summed E-state index contributed by atoms with van der Waals surface area (Å²) in [5.74, 6) is 0. The number of pyridine rings is 2. The van der Waals surface area contributed by atoms with E-state index >= 15 is 0 Å². The van der Waals surface area contributed by atoms with Crippen molar-refractivity contribution in [2.45, 2.75) is 0 Å². The zero-order valence-corrected chi connectivity index (χ0v) is 38.9. The maximum atomic E-state index is 4.27. The molecule has 0 saturated heterocycles. The summed E-state index contributed by atoms with van der Waals surface area (Å²) in [6.07, 6.45) is 11.7. The van der Waals surface area contributed by atoms with E-state index in [0.717, 1.165) is 32.5 Å². The molecule has 0 radical (unpaired) electrons. The molecule has 8 aromatic carbocycles. The van der Waals surface area contributed by atoms with E-state index in [0.29, 0.717) is 0 Å². The van der Waals surface area contributed by atoms with Crippen LogP contribution in [0.2, 0.25) is 0 Å². The molecule has 7 heteroatoms. The van der Waals surface area contributed by atoms with E-state index in [4.69, 9.17) is 0 Å². The van der Waals surface area contributed by atoms with Gasteiger partial charge in [0.05, 0.1) is 27.6 Å². The summed E-state index contributed by atoms with van der Waals surface area (Å²) in [4.78, 5) is 11.9. The maximum absolute atomic E-state index is 4.27. The first-order valence-electron chi connectivity index (χ1n) is 23.0. The Kier molecular flexibility index (Phi) is 10.9. The summed E-state index contributed by atoms with van der Waals surface area (Å²) in [6, 6.07) is 76.6. The van der Waals surface area contributed by atoms with Crippen molar-refractivity contribution in [1.82, 2.24) is 28.7 Å². The number of halogens is 1. The summed E-state index contributed by atoms with van der Waals surface area (Å²) >= 11 is 3.40. The third-order valence-electron chi connectivity index (χ3n) is 12.8. The summed E-state index contributed by atoms with van der Waals surface area (Å²) in [6.45, 7) is 0. The van der Waals surface area contributed by atoms with Crippen molar-refractivity contribution >= 4 is 81.3 Å². The summed E-state index contributed by atoms with van der Waals surface area (Å²) in [5.41, 5.74) is 15.4. The van der Waals surface area contributed by atoms with E-state index in [2.05, 4.69) is 245 Å². The van der Waals surface area contributed by atoms with Gasteiger partial charge in [-0.25, -0.2) is 0 Å². The van der Waals surface area contributed by atoms with Crippen LogP contribution in [0.15, 0.2) is 260 Å². The van der Waals surface area contributed by atoms with Crippen LogP contribution in [0.25, 0.3) is 105 Å². The number of aromatic amines is 1. The van der Waals surface area contributed by atoms with Crippen LogP contribution in [0.3, 0.4) is 0 Å². The Morgan fingerprint density at radius 2 is 0.899 bits per heavy atom. The van der Waals surface area contributed by atoms with Crippen LogP contribution in [0.4, 0.5) is 0 Å². The largest absolute Gasteiger partial charge is 0.353 e. The predicted molar refractivity (Wildman–Crippen MR) is 291 cm³/mol. The molecule has 1 N–H and O–H groups in total. The molecule has 0 saturated carbocycles. The highest BCUT2D eigenvalue weighted by molar-refractivity contribution is 9.10. The third-order valence-corrected chi connectivity index (χ3v) is 13.4. The van der Waals surface area contributed by atoms with Gasteiger partial charge in [-0.15, -0.1) is 0 Å². The first-order valence-corrected chi connectivity index (χ1v) is 23.8. The molecule has 14 rings (SSSR count). The number of para-hydroxylation sites is 4. The SMILES string of the molecule is Brc1ccc(-c2cccnc2)cc1.c1ccc(-n2ccc3ccc4c5ccccc5[nH]c4c32)cc1.c1ccc(-n2ccc3ccc4c5ccccc5n(-c5ccc(-c6cccnc6)cc5)c4c32)cc1. The van der Waals surface area contributed by atoms with Crippen LogP contribution in [-0.4, -0.2) is 28.7 Å². The Hall–Kier alpha value is -8.78. The fraction of sp³-hybridized carbons (Fsp3) is 0. The highest BCUT2D eigenvalue weighted by Crippen LogP contribution is 2.39. The highest BCUT2D eigenvalue weighted by Gasteiger charge is 2.18. The first-order chi connectivity index (χ1) is 34.2. The first kappa shape index (κ1) is 41.6. The van der Waals surface area contributed by atoms with Crippen molar-refractivity contribution in [3.05, 3.63) is 260 Å². The molecule has 0 fully saturated rings. The number of nitrogens with one attached hydrogen (secondary N) is 1. The van der Waals surface area contributed by atoms with Gasteiger partial charge in [0.2, 0.25) is 0 Å². The van der Waals surface area contributed by atoms with Crippen molar-refractivity contribution in [1.29, 1.82) is 0 Å². The van der Waals surface area contributed by atoms with Crippen LogP contribution < -0.4 is 0 Å². The standard InChI is InChI=1S/C31H21N3.C20H14N2.C11H8BrN/c1-2-8-25(9-3-1)33-20-18-23-14-17-28-27-10-4-5-11-29(27)34(31(28)30(23)33)26-15-12-22(13-16-26)24-7-6-19-32-21-24;1-2-6-15(7-3-1)22-13-12-14-10-11-17-16-8-4-5-9-18(16)21-19(17)20(14)22;12-11-5-3-9(4-6-11)10-2-1-7-13-8-10/h1-21H;1-13,21H;1-8H. The number of hydrogen-bond acceptors (Lipinski definition) is 2. The normalized spacial score (nSPS) is 11.3.